The highest BCUT2D eigenvalue weighted by Crippen LogP contribution is 2.39. The van der Waals surface area contributed by atoms with Gasteiger partial charge < -0.3 is 29.0 Å². The lowest BCUT2D eigenvalue weighted by molar-refractivity contribution is -0.130. The van der Waals surface area contributed by atoms with Gasteiger partial charge in [-0.15, -0.1) is 0 Å². The normalized spacial score (nSPS) is 15.1. The number of hydrogen-bond acceptors (Lipinski definition) is 6. The predicted molar refractivity (Wildman–Crippen MR) is 94.3 cm³/mol. The van der Waals surface area contributed by atoms with E-state index < -0.39 is 6.10 Å². The number of nitrogens with one attached hydrogen (secondary N) is 1. The number of carbonyl (C=O) groups excluding carboxylic acids is 1. The molecular formula is C19H21NO6. The quantitative estimate of drug-likeness (QED) is 0.852. The van der Waals surface area contributed by atoms with E-state index in [-0.39, 0.29) is 19.1 Å². The van der Waals surface area contributed by atoms with Crippen molar-refractivity contribution in [3.05, 3.63) is 42.0 Å². The third kappa shape index (κ3) is 3.46. The summed E-state index contributed by atoms with van der Waals surface area (Å²) in [6.45, 7) is 0.412. The van der Waals surface area contributed by atoms with Crippen LogP contribution in [0.15, 0.2) is 36.4 Å². The molecule has 0 aromatic heterocycles. The molecule has 7 nitrogen and oxygen atoms in total. The van der Waals surface area contributed by atoms with Crippen molar-refractivity contribution in [3.63, 3.8) is 0 Å². The van der Waals surface area contributed by atoms with Crippen LogP contribution in [0.4, 0.5) is 0 Å². The minimum absolute atomic E-state index is 0.159. The highest BCUT2D eigenvalue weighted by Gasteiger charge is 2.27. The van der Waals surface area contributed by atoms with Crippen molar-refractivity contribution >= 4 is 5.91 Å². The average molecular weight is 359 g/mol. The zero-order chi connectivity index (χ0) is 18.5. The maximum atomic E-state index is 12.4. The van der Waals surface area contributed by atoms with Crippen molar-refractivity contribution in [2.45, 2.75) is 12.6 Å². The molecule has 1 heterocycles. The van der Waals surface area contributed by atoms with E-state index in [1.54, 1.807) is 25.3 Å². The fourth-order valence-corrected chi connectivity index (χ4v) is 2.75. The lowest BCUT2D eigenvalue weighted by Crippen LogP contribution is -2.43. The van der Waals surface area contributed by atoms with E-state index >= 15 is 0 Å². The van der Waals surface area contributed by atoms with Gasteiger partial charge in [0.25, 0.3) is 5.91 Å². The second-order valence-corrected chi connectivity index (χ2v) is 5.58. The Morgan fingerprint density at radius 2 is 1.77 bits per heavy atom. The zero-order valence-corrected chi connectivity index (χ0v) is 14.9. The molecule has 0 spiro atoms. The van der Waals surface area contributed by atoms with Crippen LogP contribution in [0.1, 0.15) is 5.56 Å². The fourth-order valence-electron chi connectivity index (χ4n) is 2.75. The molecule has 0 unspecified atom stereocenters. The first kappa shape index (κ1) is 17.7. The molecule has 138 valence electrons. The van der Waals surface area contributed by atoms with E-state index in [0.717, 1.165) is 5.56 Å². The molecule has 1 aliphatic heterocycles. The van der Waals surface area contributed by atoms with Crippen LogP contribution >= 0.6 is 0 Å². The van der Waals surface area contributed by atoms with Gasteiger partial charge in [-0.2, -0.15) is 0 Å². The molecule has 3 rings (SSSR count). The summed E-state index contributed by atoms with van der Waals surface area (Å²) in [5, 5.41) is 2.84. The van der Waals surface area contributed by atoms with E-state index in [9.17, 15) is 4.79 Å². The summed E-state index contributed by atoms with van der Waals surface area (Å²) in [6.07, 6.45) is -0.712. The van der Waals surface area contributed by atoms with Gasteiger partial charge in [0.15, 0.2) is 23.0 Å². The molecule has 1 N–H and O–H groups in total. The Morgan fingerprint density at radius 3 is 2.46 bits per heavy atom. The van der Waals surface area contributed by atoms with Crippen LogP contribution in [0.25, 0.3) is 0 Å². The number of carbonyl (C=O) groups is 1. The van der Waals surface area contributed by atoms with Gasteiger partial charge in [-0.3, -0.25) is 4.79 Å². The maximum Gasteiger partial charge on any atom is 0.264 e. The van der Waals surface area contributed by atoms with Crippen LogP contribution in [-0.2, 0) is 11.3 Å². The molecule has 26 heavy (non-hydrogen) atoms. The number of fused-ring (bicyclic) bond motifs is 1. The Kier molecular flexibility index (Phi) is 5.36. The average Bonchev–Trinajstić information content (AvgIpc) is 2.70. The summed E-state index contributed by atoms with van der Waals surface area (Å²) >= 11 is 0. The van der Waals surface area contributed by atoms with Crippen LogP contribution in [0.2, 0.25) is 0 Å². The van der Waals surface area contributed by atoms with E-state index in [1.807, 2.05) is 18.2 Å². The summed E-state index contributed by atoms with van der Waals surface area (Å²) < 4.78 is 27.3. The van der Waals surface area contributed by atoms with Crippen molar-refractivity contribution in [2.24, 2.45) is 0 Å². The molecule has 1 amide bonds. The van der Waals surface area contributed by atoms with Crippen LogP contribution < -0.4 is 29.0 Å². The zero-order valence-electron chi connectivity index (χ0n) is 14.9. The molecule has 0 saturated carbocycles. The highest BCUT2D eigenvalue weighted by molar-refractivity contribution is 5.81. The van der Waals surface area contributed by atoms with Crippen LogP contribution in [0, 0.1) is 0 Å². The number of ether oxygens (including phenoxy) is 5. The number of benzene rings is 2. The molecule has 2 aromatic carbocycles. The molecular weight excluding hydrogens is 338 g/mol. The summed E-state index contributed by atoms with van der Waals surface area (Å²) in [5.74, 6) is 2.48. The summed E-state index contributed by atoms with van der Waals surface area (Å²) in [7, 11) is 4.63. The fraction of sp³-hybridized carbons (Fsp3) is 0.316. The first-order valence-electron chi connectivity index (χ1n) is 8.12. The standard InChI is InChI=1S/C19H21NO6/c1-22-15-9-8-12(17(23-2)18(15)24-3)10-20-19(21)16-11-25-13-6-4-5-7-14(13)26-16/h4-9,16H,10-11H2,1-3H3,(H,20,21)/t16-/m1/s1. The number of rotatable bonds is 6. The van der Waals surface area contributed by atoms with Crippen LogP contribution in [-0.4, -0.2) is 39.9 Å². The van der Waals surface area contributed by atoms with Gasteiger partial charge in [0.1, 0.15) is 6.61 Å². The summed E-state index contributed by atoms with van der Waals surface area (Å²) in [4.78, 5) is 12.4. The number of para-hydroxylation sites is 2. The van der Waals surface area contributed by atoms with Gasteiger partial charge in [0, 0.05) is 12.1 Å². The third-order valence-electron chi connectivity index (χ3n) is 4.04. The first-order chi connectivity index (χ1) is 12.7. The Labute approximate surface area is 151 Å². The van der Waals surface area contributed by atoms with Gasteiger partial charge in [-0.1, -0.05) is 12.1 Å². The molecule has 7 heteroatoms. The smallest absolute Gasteiger partial charge is 0.264 e. The van der Waals surface area contributed by atoms with Gasteiger partial charge in [-0.25, -0.2) is 0 Å². The summed E-state index contributed by atoms with van der Waals surface area (Å²) in [5.41, 5.74) is 0.760. The molecule has 0 bridgehead atoms. The Morgan fingerprint density at radius 1 is 1.04 bits per heavy atom. The van der Waals surface area contributed by atoms with Crippen LogP contribution in [0.3, 0.4) is 0 Å². The monoisotopic (exact) mass is 359 g/mol. The molecule has 0 saturated heterocycles. The van der Waals surface area contributed by atoms with Crippen molar-refractivity contribution in [3.8, 4) is 28.7 Å². The third-order valence-corrected chi connectivity index (χ3v) is 4.04. The number of methoxy groups -OCH3 is 3. The lowest BCUT2D eigenvalue weighted by atomic mass is 10.1. The number of hydrogen-bond donors (Lipinski definition) is 1. The van der Waals surface area contributed by atoms with Gasteiger partial charge >= 0.3 is 0 Å². The minimum Gasteiger partial charge on any atom is -0.493 e. The first-order valence-corrected chi connectivity index (χ1v) is 8.12. The van der Waals surface area contributed by atoms with Gasteiger partial charge in [0.2, 0.25) is 11.9 Å². The molecule has 0 fully saturated rings. The predicted octanol–water partition coefficient (Wildman–Crippen LogP) is 2.17. The Hall–Kier alpha value is -3.09. The maximum absolute atomic E-state index is 12.4. The molecule has 1 atom stereocenters. The van der Waals surface area contributed by atoms with Crippen molar-refractivity contribution in [1.82, 2.24) is 5.32 Å². The van der Waals surface area contributed by atoms with E-state index in [1.165, 1.54) is 14.2 Å². The minimum atomic E-state index is -0.712. The highest BCUT2D eigenvalue weighted by atomic mass is 16.6. The second-order valence-electron chi connectivity index (χ2n) is 5.58. The topological polar surface area (TPSA) is 75.3 Å². The van der Waals surface area contributed by atoms with E-state index in [4.69, 9.17) is 23.7 Å². The Bertz CT molecular complexity index is 792. The largest absolute Gasteiger partial charge is 0.493 e. The summed E-state index contributed by atoms with van der Waals surface area (Å²) in [6, 6.07) is 10.8. The van der Waals surface area contributed by atoms with Crippen molar-refractivity contribution < 1.29 is 28.5 Å². The second kappa shape index (κ2) is 7.86. The van der Waals surface area contributed by atoms with Crippen molar-refractivity contribution in [2.75, 3.05) is 27.9 Å². The molecule has 2 aromatic rings. The lowest BCUT2D eigenvalue weighted by Gasteiger charge is -2.25. The van der Waals surface area contributed by atoms with Gasteiger partial charge in [0.05, 0.1) is 21.3 Å². The number of amides is 1. The van der Waals surface area contributed by atoms with Crippen LogP contribution in [0.5, 0.6) is 28.7 Å². The molecule has 1 aliphatic rings. The van der Waals surface area contributed by atoms with E-state index in [0.29, 0.717) is 28.7 Å². The SMILES string of the molecule is COc1ccc(CNC(=O)[C@H]2COc3ccccc3O2)c(OC)c1OC. The van der Waals surface area contributed by atoms with E-state index in [2.05, 4.69) is 5.32 Å². The van der Waals surface area contributed by atoms with Crippen molar-refractivity contribution in [1.29, 1.82) is 0 Å². The Balaban J connectivity index is 1.69. The molecule has 0 radical (unpaired) electrons. The molecule has 0 aliphatic carbocycles. The van der Waals surface area contributed by atoms with Gasteiger partial charge in [-0.05, 0) is 24.3 Å².